The second-order valence-corrected chi connectivity index (χ2v) is 7.07. The zero-order valence-corrected chi connectivity index (χ0v) is 15.7. The highest BCUT2D eigenvalue weighted by Gasteiger charge is 2.34. The topological polar surface area (TPSA) is 57.5 Å². The average molecular weight is 374 g/mol. The predicted octanol–water partition coefficient (Wildman–Crippen LogP) is 2.23. The minimum atomic E-state index is -4.15. The number of hydrogen-bond donors (Lipinski definition) is 2. The van der Waals surface area contributed by atoms with Crippen molar-refractivity contribution in [2.45, 2.75) is 52.5 Å². The van der Waals surface area contributed by atoms with Gasteiger partial charge in [0.25, 0.3) is 0 Å². The van der Waals surface area contributed by atoms with E-state index in [2.05, 4.69) is 39.0 Å². The number of halogens is 3. The maximum absolute atomic E-state index is 12.5. The number of likely N-dealkylation sites (tertiary alicyclic amines) is 1. The number of hydrogen-bond acceptors (Lipinski definition) is 3. The molecule has 1 aliphatic rings. The molecule has 0 bridgehead atoms. The summed E-state index contributed by atoms with van der Waals surface area (Å²) >= 11 is 0. The summed E-state index contributed by atoms with van der Waals surface area (Å²) < 4.78 is 39.6. The van der Waals surface area contributed by atoms with Crippen molar-refractivity contribution in [3.05, 3.63) is 18.2 Å². The highest BCUT2D eigenvalue weighted by atomic mass is 19.4. The Balaban J connectivity index is 1.92. The Morgan fingerprint density at radius 1 is 1.42 bits per heavy atom. The van der Waals surface area contributed by atoms with E-state index in [-0.39, 0.29) is 6.04 Å². The molecule has 2 heterocycles. The zero-order chi connectivity index (χ0) is 19.2. The third kappa shape index (κ3) is 6.86. The predicted molar refractivity (Wildman–Crippen MR) is 95.9 cm³/mol. The molecular weight excluding hydrogens is 345 g/mol. The SMILES string of the molecule is CCNC(=NCc1nccn1CC(C)C)NC1CCN(CC(F)(F)F)C1. The van der Waals surface area contributed by atoms with Crippen LogP contribution < -0.4 is 10.6 Å². The summed E-state index contributed by atoms with van der Waals surface area (Å²) in [6.07, 6.45) is 0.222. The number of aliphatic imine (C=N–C) groups is 1. The molecule has 1 aromatic heterocycles. The number of aromatic nitrogens is 2. The number of nitrogens with zero attached hydrogens (tertiary/aromatic N) is 4. The van der Waals surface area contributed by atoms with Gasteiger partial charge >= 0.3 is 6.18 Å². The molecule has 0 aromatic carbocycles. The van der Waals surface area contributed by atoms with Gasteiger partial charge in [0, 0.05) is 44.6 Å². The molecule has 2 N–H and O–H groups in total. The number of alkyl halides is 3. The van der Waals surface area contributed by atoms with Gasteiger partial charge in [-0.1, -0.05) is 13.8 Å². The van der Waals surface area contributed by atoms with Crippen LogP contribution in [0, 0.1) is 5.92 Å². The molecule has 1 aromatic rings. The van der Waals surface area contributed by atoms with Crippen molar-refractivity contribution in [1.29, 1.82) is 0 Å². The molecule has 1 aliphatic heterocycles. The summed E-state index contributed by atoms with van der Waals surface area (Å²) in [6.45, 7) is 8.19. The standard InChI is InChI=1S/C17H29F3N6/c1-4-21-16(23-9-15-22-6-8-26(15)10-13(2)3)24-14-5-7-25(11-14)12-17(18,19)20/h6,8,13-14H,4-5,7,9-12H2,1-3H3,(H2,21,23,24). The highest BCUT2D eigenvalue weighted by molar-refractivity contribution is 5.80. The molecular formula is C17H29F3N6. The molecule has 0 saturated carbocycles. The van der Waals surface area contributed by atoms with E-state index in [9.17, 15) is 13.2 Å². The second-order valence-electron chi connectivity index (χ2n) is 7.07. The van der Waals surface area contributed by atoms with E-state index in [1.807, 2.05) is 13.1 Å². The largest absolute Gasteiger partial charge is 0.401 e. The van der Waals surface area contributed by atoms with Crippen molar-refractivity contribution in [2.75, 3.05) is 26.2 Å². The number of guanidine groups is 1. The molecule has 1 fully saturated rings. The van der Waals surface area contributed by atoms with Crippen molar-refractivity contribution in [2.24, 2.45) is 10.9 Å². The third-order valence-electron chi connectivity index (χ3n) is 4.10. The second kappa shape index (κ2) is 9.25. The average Bonchev–Trinajstić information content (AvgIpc) is 3.12. The smallest absolute Gasteiger partial charge is 0.357 e. The molecule has 0 aliphatic carbocycles. The van der Waals surface area contributed by atoms with E-state index in [4.69, 9.17) is 0 Å². The Hall–Kier alpha value is -1.77. The van der Waals surface area contributed by atoms with Crippen LogP contribution in [0.1, 0.15) is 33.0 Å². The molecule has 0 amide bonds. The minimum Gasteiger partial charge on any atom is -0.357 e. The molecule has 1 saturated heterocycles. The molecule has 148 valence electrons. The van der Waals surface area contributed by atoms with Crippen LogP contribution in [0.25, 0.3) is 0 Å². The van der Waals surface area contributed by atoms with Gasteiger partial charge < -0.3 is 15.2 Å². The van der Waals surface area contributed by atoms with Crippen LogP contribution in [0.5, 0.6) is 0 Å². The van der Waals surface area contributed by atoms with Crippen molar-refractivity contribution < 1.29 is 13.2 Å². The molecule has 1 unspecified atom stereocenters. The number of imidazole rings is 1. The first-order valence-corrected chi connectivity index (χ1v) is 9.10. The van der Waals surface area contributed by atoms with Gasteiger partial charge in [0.15, 0.2) is 5.96 Å². The fraction of sp³-hybridized carbons (Fsp3) is 0.765. The van der Waals surface area contributed by atoms with Gasteiger partial charge in [0.1, 0.15) is 12.4 Å². The summed E-state index contributed by atoms with van der Waals surface area (Å²) in [7, 11) is 0. The monoisotopic (exact) mass is 374 g/mol. The number of rotatable bonds is 7. The Morgan fingerprint density at radius 2 is 2.19 bits per heavy atom. The van der Waals surface area contributed by atoms with E-state index in [0.717, 1.165) is 12.4 Å². The van der Waals surface area contributed by atoms with Gasteiger partial charge in [0.05, 0.1) is 6.54 Å². The molecule has 0 spiro atoms. The summed E-state index contributed by atoms with van der Waals surface area (Å²) in [4.78, 5) is 10.3. The lowest BCUT2D eigenvalue weighted by molar-refractivity contribution is -0.143. The van der Waals surface area contributed by atoms with Crippen molar-refractivity contribution in [3.8, 4) is 0 Å². The Bertz CT molecular complexity index is 581. The maximum atomic E-state index is 12.5. The van der Waals surface area contributed by atoms with Crippen LogP contribution in [0.3, 0.4) is 0 Å². The fourth-order valence-corrected chi connectivity index (χ4v) is 3.06. The van der Waals surface area contributed by atoms with Gasteiger partial charge in [0.2, 0.25) is 0 Å². The van der Waals surface area contributed by atoms with Crippen molar-refractivity contribution in [3.63, 3.8) is 0 Å². The zero-order valence-electron chi connectivity index (χ0n) is 15.7. The van der Waals surface area contributed by atoms with Gasteiger partial charge in [-0.05, 0) is 19.3 Å². The van der Waals surface area contributed by atoms with Crippen LogP contribution in [0.4, 0.5) is 13.2 Å². The van der Waals surface area contributed by atoms with Crippen LogP contribution in [0.15, 0.2) is 17.4 Å². The Labute approximate surface area is 152 Å². The minimum absolute atomic E-state index is 0.0365. The lowest BCUT2D eigenvalue weighted by Crippen LogP contribution is -2.45. The van der Waals surface area contributed by atoms with Crippen molar-refractivity contribution >= 4 is 5.96 Å². The van der Waals surface area contributed by atoms with Gasteiger partial charge in [-0.25, -0.2) is 9.98 Å². The third-order valence-corrected chi connectivity index (χ3v) is 4.10. The summed E-state index contributed by atoms with van der Waals surface area (Å²) in [5.41, 5.74) is 0. The number of nitrogens with one attached hydrogen (secondary N) is 2. The Kier molecular flexibility index (Phi) is 7.31. The van der Waals surface area contributed by atoms with E-state index in [1.165, 1.54) is 4.90 Å². The van der Waals surface area contributed by atoms with Crippen LogP contribution >= 0.6 is 0 Å². The van der Waals surface area contributed by atoms with E-state index in [1.54, 1.807) is 6.20 Å². The first-order chi connectivity index (χ1) is 12.3. The summed E-state index contributed by atoms with van der Waals surface area (Å²) in [6, 6.07) is -0.0365. The molecule has 26 heavy (non-hydrogen) atoms. The first-order valence-electron chi connectivity index (χ1n) is 9.10. The summed E-state index contributed by atoms with van der Waals surface area (Å²) in [5, 5.41) is 6.40. The lowest BCUT2D eigenvalue weighted by Gasteiger charge is -2.19. The molecule has 9 heteroatoms. The van der Waals surface area contributed by atoms with Gasteiger partial charge in [-0.3, -0.25) is 4.90 Å². The quantitative estimate of drug-likeness (QED) is 0.568. The first kappa shape index (κ1) is 20.5. The molecule has 6 nitrogen and oxygen atoms in total. The van der Waals surface area contributed by atoms with E-state index in [0.29, 0.717) is 44.5 Å². The lowest BCUT2D eigenvalue weighted by atomic mass is 10.2. The van der Waals surface area contributed by atoms with Crippen molar-refractivity contribution in [1.82, 2.24) is 25.1 Å². The fourth-order valence-electron chi connectivity index (χ4n) is 3.06. The molecule has 0 radical (unpaired) electrons. The molecule has 2 rings (SSSR count). The highest BCUT2D eigenvalue weighted by Crippen LogP contribution is 2.19. The normalized spacial score (nSPS) is 19.3. The maximum Gasteiger partial charge on any atom is 0.401 e. The Morgan fingerprint density at radius 3 is 2.85 bits per heavy atom. The van der Waals surface area contributed by atoms with Crippen LogP contribution in [-0.4, -0.2) is 58.8 Å². The van der Waals surface area contributed by atoms with Gasteiger partial charge in [-0.2, -0.15) is 13.2 Å². The van der Waals surface area contributed by atoms with E-state index < -0.39 is 12.7 Å². The van der Waals surface area contributed by atoms with Crippen LogP contribution in [-0.2, 0) is 13.1 Å². The summed E-state index contributed by atoms with van der Waals surface area (Å²) in [5.74, 6) is 2.00. The van der Waals surface area contributed by atoms with E-state index >= 15 is 0 Å². The van der Waals surface area contributed by atoms with Gasteiger partial charge in [-0.15, -0.1) is 0 Å². The van der Waals surface area contributed by atoms with Crippen LogP contribution in [0.2, 0.25) is 0 Å². The molecule has 1 atom stereocenters.